The number of ether oxygens (including phenoxy) is 17. The van der Waals surface area contributed by atoms with Gasteiger partial charge in [0.25, 0.3) is 0 Å². The molecule has 1 aromatic rings. The maximum Gasteiger partial charge on any atom is 0.331 e. The van der Waals surface area contributed by atoms with Gasteiger partial charge in [-0.2, -0.15) is 0 Å². The predicted octanol–water partition coefficient (Wildman–Crippen LogP) is -3.59. The van der Waals surface area contributed by atoms with Crippen LogP contribution in [-0.4, -0.2) is 371 Å². The first-order valence-electron chi connectivity index (χ1n) is 41.5. The maximum absolute atomic E-state index is 16.3. The Bertz CT molecular complexity index is 3930. The van der Waals surface area contributed by atoms with Gasteiger partial charge < -0.3 is 178 Å². The fourth-order valence-corrected chi connectivity index (χ4v) is 21.7. The van der Waals surface area contributed by atoms with E-state index < -0.39 is 316 Å². The molecule has 6 saturated heterocycles. The Kier molecular flexibility index (Phi) is 29.0. The number of fused-ring (bicyclic) bond motifs is 7. The van der Waals surface area contributed by atoms with Crippen LogP contribution < -0.4 is 14.2 Å². The van der Waals surface area contributed by atoms with Gasteiger partial charge in [0.2, 0.25) is 12.0 Å². The largest absolute Gasteiger partial charge is 0.493 e. The molecule has 5 aliphatic carbocycles. The van der Waals surface area contributed by atoms with Crippen molar-refractivity contribution in [3.05, 3.63) is 35.4 Å². The first kappa shape index (κ1) is 96.4. The van der Waals surface area contributed by atoms with Gasteiger partial charge >= 0.3 is 29.8 Å². The van der Waals surface area contributed by atoms with Gasteiger partial charge in [-0.3, -0.25) is 19.2 Å². The Labute approximate surface area is 708 Å². The fourth-order valence-electron chi connectivity index (χ4n) is 21.7. The topological polar surface area (TPSA) is 627 Å². The fraction of sp³-hybridized carbons (Fsp3) is 0.817. The summed E-state index contributed by atoms with van der Waals surface area (Å²) in [6.45, 7) is 8.55. The van der Waals surface area contributed by atoms with Crippen molar-refractivity contribution in [3.63, 3.8) is 0 Å². The minimum Gasteiger partial charge on any atom is -0.493 e. The molecule has 10 fully saturated rings. The number of aliphatic carboxylic acids is 2. The lowest BCUT2D eigenvalue weighted by atomic mass is 9.33. The van der Waals surface area contributed by atoms with Crippen LogP contribution in [0.3, 0.4) is 0 Å². The lowest BCUT2D eigenvalue weighted by molar-refractivity contribution is -0.388. The molecule has 696 valence electrons. The molecular weight excluding hydrogens is 1640 g/mol. The summed E-state index contributed by atoms with van der Waals surface area (Å²) in [6.07, 6.45) is -47.6. The molecule has 0 aromatic heterocycles. The van der Waals surface area contributed by atoms with Crippen LogP contribution in [0.25, 0.3) is 6.08 Å². The third-order valence-corrected chi connectivity index (χ3v) is 28.5. The van der Waals surface area contributed by atoms with Gasteiger partial charge in [-0.05, 0) is 143 Å². The zero-order chi connectivity index (χ0) is 90.2. The number of hydrogen-bond acceptors (Lipinski definition) is 39. The van der Waals surface area contributed by atoms with E-state index in [4.69, 9.17) is 80.5 Å². The summed E-state index contributed by atoms with van der Waals surface area (Å²) in [6, 6.07) is 3.06. The van der Waals surface area contributed by atoms with E-state index in [1.807, 2.05) is 26.8 Å². The van der Waals surface area contributed by atoms with Gasteiger partial charge in [0, 0.05) is 11.5 Å². The Morgan fingerprint density at radius 1 is 0.585 bits per heavy atom. The van der Waals surface area contributed by atoms with Crippen molar-refractivity contribution >= 4 is 35.9 Å². The van der Waals surface area contributed by atoms with Gasteiger partial charge in [0.1, 0.15) is 110 Å². The van der Waals surface area contributed by atoms with E-state index in [0.717, 1.165) is 18.6 Å². The molecule has 19 N–H and O–H groups in total. The number of esters is 3. The molecule has 0 radical (unpaired) electrons. The second-order valence-electron chi connectivity index (χ2n) is 36.9. The van der Waals surface area contributed by atoms with Crippen LogP contribution in [0.15, 0.2) is 29.9 Å². The lowest BCUT2D eigenvalue weighted by Gasteiger charge is -2.71. The number of allylic oxidation sites excluding steroid dienone is 1. The van der Waals surface area contributed by atoms with Crippen molar-refractivity contribution in [1.29, 1.82) is 0 Å². The van der Waals surface area contributed by atoms with Gasteiger partial charge in [0.05, 0.1) is 102 Å². The molecule has 123 heavy (non-hydrogen) atoms. The minimum absolute atomic E-state index is 0.0520. The van der Waals surface area contributed by atoms with E-state index in [9.17, 15) is 116 Å². The van der Waals surface area contributed by atoms with E-state index in [2.05, 4.69) is 6.92 Å². The molecule has 38 atom stereocenters. The number of hydrogen-bond donors (Lipinski definition) is 19. The second kappa shape index (κ2) is 37.1. The molecular formula is C82H122O41. The zero-order valence-electron chi connectivity index (χ0n) is 70.3. The molecule has 1 aromatic carbocycles. The molecule has 0 amide bonds. The van der Waals surface area contributed by atoms with Crippen LogP contribution in [0.5, 0.6) is 17.2 Å². The van der Waals surface area contributed by atoms with Crippen LogP contribution in [0, 0.1) is 50.2 Å². The molecule has 4 saturated carbocycles. The highest BCUT2D eigenvalue weighted by Gasteiger charge is 2.74. The van der Waals surface area contributed by atoms with Crippen LogP contribution in [0.4, 0.5) is 0 Å². The molecule has 38 unspecified atom stereocenters. The summed E-state index contributed by atoms with van der Waals surface area (Å²) in [5, 5.41) is 213. The number of carbonyl (C=O) groups is 5. The molecule has 6 heterocycles. The van der Waals surface area contributed by atoms with Gasteiger partial charge in [-0.15, -0.1) is 0 Å². The third-order valence-electron chi connectivity index (χ3n) is 28.5. The molecule has 41 nitrogen and oxygen atoms in total. The molecule has 41 heteroatoms. The number of carboxylic acids is 2. The van der Waals surface area contributed by atoms with Crippen LogP contribution in [0.2, 0.25) is 0 Å². The van der Waals surface area contributed by atoms with E-state index in [-0.39, 0.29) is 55.8 Å². The summed E-state index contributed by atoms with van der Waals surface area (Å²) in [5.41, 5.74) is -10.5. The Hall–Kier alpha value is -5.67. The van der Waals surface area contributed by atoms with Gasteiger partial charge in [0.15, 0.2) is 60.8 Å². The van der Waals surface area contributed by atoms with E-state index in [1.54, 1.807) is 0 Å². The Morgan fingerprint density at radius 2 is 1.16 bits per heavy atom. The normalized spacial score (nSPS) is 45.9. The highest BCUT2D eigenvalue weighted by Crippen LogP contribution is 2.76. The third kappa shape index (κ3) is 17.9. The summed E-state index contributed by atoms with van der Waals surface area (Å²) < 4.78 is 101. The lowest BCUT2D eigenvalue weighted by Crippen LogP contribution is -2.71. The van der Waals surface area contributed by atoms with Gasteiger partial charge in [-0.25, -0.2) is 4.79 Å². The summed E-state index contributed by atoms with van der Waals surface area (Å²) in [5.74, 6) is -7.19. The van der Waals surface area contributed by atoms with Crippen LogP contribution in [0.1, 0.15) is 132 Å². The highest BCUT2D eigenvalue weighted by molar-refractivity contribution is 5.87. The number of benzene rings is 1. The van der Waals surface area contributed by atoms with Crippen LogP contribution in [-0.2, 0) is 90.3 Å². The molecule has 0 bridgehead atoms. The van der Waals surface area contributed by atoms with Crippen molar-refractivity contribution in [2.45, 2.75) is 309 Å². The molecule has 6 aliphatic heterocycles. The average Bonchev–Trinajstić information content (AvgIpc) is 1.04. The van der Waals surface area contributed by atoms with E-state index >= 15 is 4.79 Å². The van der Waals surface area contributed by atoms with Crippen molar-refractivity contribution in [3.8, 4) is 17.2 Å². The highest BCUT2D eigenvalue weighted by atomic mass is 16.8. The Balaban J connectivity index is 0.859. The van der Waals surface area contributed by atoms with Crippen molar-refractivity contribution in [1.82, 2.24) is 0 Å². The molecule has 0 spiro atoms. The minimum atomic E-state index is -2.56. The quantitative estimate of drug-likeness (QED) is 0.0127. The smallest absolute Gasteiger partial charge is 0.331 e. The summed E-state index contributed by atoms with van der Waals surface area (Å²) >= 11 is 0. The van der Waals surface area contributed by atoms with Crippen molar-refractivity contribution in [2.24, 2.45) is 50.2 Å². The van der Waals surface area contributed by atoms with E-state index in [0.29, 0.717) is 24.8 Å². The summed E-state index contributed by atoms with van der Waals surface area (Å²) in [4.78, 5) is 69.1. The monoisotopic (exact) mass is 1760 g/mol. The summed E-state index contributed by atoms with van der Waals surface area (Å²) in [7, 11) is 4.16. The Morgan fingerprint density at radius 3 is 1.76 bits per heavy atom. The number of rotatable bonds is 28. The first-order valence-corrected chi connectivity index (χ1v) is 41.5. The zero-order valence-corrected chi connectivity index (χ0v) is 70.3. The number of carbonyl (C=O) groups excluding carboxylic acids is 3. The van der Waals surface area contributed by atoms with E-state index in [1.165, 1.54) is 60.3 Å². The first-order chi connectivity index (χ1) is 57.7. The number of aliphatic hydroxyl groups is 17. The maximum atomic E-state index is 16.3. The standard InChI is InChI=1S/C82H122O41/c1-34-60(118-48(89)15-12-36-22-40(107-9)62(109-11)41(23-36)108-10)58(99)64(121-70-59(100)63(120-72-65(101)82(106,33-112-72)32-111-49(90)27-76(5,105)26-47(87)88)61(35(2)113-70)119-67-55(96)52(93)44(30-110-67)117-68-56(97)53(94)50(91)42(28-83)115-68)71(114-34)123-74(104)80-19-18-75(3,4)24-38(80)37-13-14-45-77(6)25-39(86)66(122-69-57(98)54(95)51(92)43(29-84)116-69)79(8,73(102)103)46(77)16-17-78(45,7)81(37,31-85)21-20-80/h12-13,15,22-23,34-35,38-39,42-46,50-61,63-72,83-86,91-101,105-106H,14,16-21,24-33H2,1-11H3,(H,87,88)(H,102,103). The number of aliphatic hydroxyl groups excluding tert-OH is 15. The van der Waals surface area contributed by atoms with Crippen molar-refractivity contribution in [2.75, 3.05) is 61.0 Å². The second-order valence-corrected chi connectivity index (χ2v) is 36.9. The molecule has 11 aliphatic rings. The van der Waals surface area contributed by atoms with Crippen LogP contribution >= 0.6 is 0 Å². The predicted molar refractivity (Wildman–Crippen MR) is 408 cm³/mol. The average molecular weight is 1760 g/mol. The van der Waals surface area contributed by atoms with Gasteiger partial charge in [-0.1, -0.05) is 39.3 Å². The number of methoxy groups -OCH3 is 3. The SMILES string of the molecule is COc1cc(C=CC(=O)OC2C(C)OC(OC(=O)C34CCC(C)(C)CC3C3=CCC5C6(C)CC(O)C(OC7OC(CO)C(O)C(O)C7O)C(C)(C(=O)O)C6CCC5(C)C3(CO)CC4)C(OC3OC(C)C(OC4OCC(OC5OC(CO)C(O)C(O)C5O)C(O)C4O)C(OC4OCC(O)(COC(=O)CC(C)(O)CC(=O)O)C4O)C3O)C2O)cc(OC)c1OC. The number of carboxylic acid groups (broad SMARTS) is 2. The van der Waals surface area contributed by atoms with Crippen molar-refractivity contribution < 1.29 is 202 Å². The molecule has 12 rings (SSSR count).